The molecule has 2 aromatic carbocycles. The standard InChI is InChI=1S/C29H24N4O2/c1-16-8-10-22-21(12-16)29-23(33(22)26-13-17(2)18(3)15-30-26)14-25(19(4)31-29)35-27-11-9-20-6-5-7-24(34)28(20)32-27/h5-15,34H,1-4H3. The summed E-state index contributed by atoms with van der Waals surface area (Å²) in [5.41, 5.74) is 7.60. The van der Waals surface area contributed by atoms with Crippen LogP contribution in [0.15, 0.2) is 66.9 Å². The Kier molecular flexibility index (Phi) is 4.71. The molecule has 172 valence electrons. The summed E-state index contributed by atoms with van der Waals surface area (Å²) in [4.78, 5) is 14.2. The molecule has 0 amide bonds. The van der Waals surface area contributed by atoms with Crippen molar-refractivity contribution in [2.75, 3.05) is 0 Å². The third-order valence-electron chi connectivity index (χ3n) is 6.51. The van der Waals surface area contributed by atoms with Crippen LogP contribution in [-0.2, 0) is 0 Å². The Bertz CT molecular complexity index is 1790. The first-order valence-corrected chi connectivity index (χ1v) is 11.5. The van der Waals surface area contributed by atoms with Crippen LogP contribution < -0.4 is 4.74 Å². The topological polar surface area (TPSA) is 73.1 Å². The quantitative estimate of drug-likeness (QED) is 0.312. The maximum atomic E-state index is 10.2. The highest BCUT2D eigenvalue weighted by Crippen LogP contribution is 2.36. The van der Waals surface area contributed by atoms with Crippen LogP contribution in [0.3, 0.4) is 0 Å². The molecule has 35 heavy (non-hydrogen) atoms. The predicted octanol–water partition coefficient (Wildman–Crippen LogP) is 6.85. The van der Waals surface area contributed by atoms with Gasteiger partial charge in [-0.15, -0.1) is 0 Å². The summed E-state index contributed by atoms with van der Waals surface area (Å²) in [7, 11) is 0. The number of phenolic OH excluding ortho intramolecular Hbond substituents is 1. The first kappa shape index (κ1) is 21.1. The Morgan fingerprint density at radius 2 is 1.66 bits per heavy atom. The zero-order valence-electron chi connectivity index (χ0n) is 20.0. The molecule has 6 aromatic rings. The fraction of sp³-hybridized carbons (Fsp3) is 0.138. The minimum absolute atomic E-state index is 0.120. The van der Waals surface area contributed by atoms with Gasteiger partial charge in [0.15, 0.2) is 5.75 Å². The van der Waals surface area contributed by atoms with Crippen molar-refractivity contribution in [1.29, 1.82) is 0 Å². The van der Waals surface area contributed by atoms with Gasteiger partial charge in [-0.2, -0.15) is 0 Å². The number of rotatable bonds is 3. The minimum atomic E-state index is 0.120. The van der Waals surface area contributed by atoms with E-state index in [4.69, 9.17) is 14.7 Å². The second kappa shape index (κ2) is 7.81. The van der Waals surface area contributed by atoms with Gasteiger partial charge in [0, 0.05) is 29.1 Å². The summed E-state index contributed by atoms with van der Waals surface area (Å²) >= 11 is 0. The van der Waals surface area contributed by atoms with Crippen molar-refractivity contribution in [1.82, 2.24) is 19.5 Å². The Morgan fingerprint density at radius 1 is 0.800 bits per heavy atom. The normalized spacial score (nSPS) is 11.5. The molecule has 0 spiro atoms. The smallest absolute Gasteiger partial charge is 0.220 e. The molecular formula is C29H24N4O2. The summed E-state index contributed by atoms with van der Waals surface area (Å²) in [6.07, 6.45) is 1.90. The van der Waals surface area contributed by atoms with Gasteiger partial charge < -0.3 is 9.84 Å². The Labute approximate surface area is 202 Å². The molecule has 6 rings (SSSR count). The molecule has 0 aliphatic carbocycles. The zero-order chi connectivity index (χ0) is 24.3. The predicted molar refractivity (Wildman–Crippen MR) is 139 cm³/mol. The van der Waals surface area contributed by atoms with E-state index in [-0.39, 0.29) is 5.75 Å². The van der Waals surface area contributed by atoms with Crippen LogP contribution in [0.2, 0.25) is 0 Å². The van der Waals surface area contributed by atoms with Crippen molar-refractivity contribution in [2.24, 2.45) is 0 Å². The average Bonchev–Trinajstić information content (AvgIpc) is 3.14. The maximum Gasteiger partial charge on any atom is 0.220 e. The summed E-state index contributed by atoms with van der Waals surface area (Å²) in [6, 6.07) is 19.5. The molecule has 1 N–H and O–H groups in total. The van der Waals surface area contributed by atoms with E-state index in [1.54, 1.807) is 18.2 Å². The van der Waals surface area contributed by atoms with Gasteiger partial charge in [-0.25, -0.2) is 15.0 Å². The van der Waals surface area contributed by atoms with E-state index in [0.29, 0.717) is 17.1 Å². The fourth-order valence-corrected chi connectivity index (χ4v) is 4.47. The van der Waals surface area contributed by atoms with Crippen molar-refractivity contribution in [3.8, 4) is 23.2 Å². The van der Waals surface area contributed by atoms with Crippen LogP contribution >= 0.6 is 0 Å². The second-order valence-corrected chi connectivity index (χ2v) is 9.02. The van der Waals surface area contributed by atoms with Crippen molar-refractivity contribution < 1.29 is 9.84 Å². The van der Waals surface area contributed by atoms with Gasteiger partial charge in [-0.1, -0.05) is 23.8 Å². The van der Waals surface area contributed by atoms with E-state index < -0.39 is 0 Å². The SMILES string of the molecule is Cc1ccc2c(c1)c1nc(C)c(Oc3ccc4cccc(O)c4n3)cc1n2-c1cc(C)c(C)cn1. The monoisotopic (exact) mass is 460 g/mol. The molecule has 0 unspecified atom stereocenters. The van der Waals surface area contributed by atoms with Gasteiger partial charge in [0.05, 0.1) is 22.2 Å². The van der Waals surface area contributed by atoms with E-state index in [1.807, 2.05) is 31.3 Å². The highest BCUT2D eigenvalue weighted by molar-refractivity contribution is 6.07. The van der Waals surface area contributed by atoms with E-state index in [9.17, 15) is 5.11 Å². The lowest BCUT2D eigenvalue weighted by Gasteiger charge is -2.11. The van der Waals surface area contributed by atoms with Crippen LogP contribution in [0.5, 0.6) is 17.4 Å². The number of phenols is 1. The van der Waals surface area contributed by atoms with Gasteiger partial charge in [0.2, 0.25) is 5.88 Å². The van der Waals surface area contributed by atoms with Gasteiger partial charge in [0.1, 0.15) is 17.1 Å². The highest BCUT2D eigenvalue weighted by atomic mass is 16.5. The van der Waals surface area contributed by atoms with Crippen molar-refractivity contribution in [3.05, 3.63) is 89.2 Å². The van der Waals surface area contributed by atoms with Gasteiger partial charge >= 0.3 is 0 Å². The van der Waals surface area contributed by atoms with E-state index in [0.717, 1.165) is 44.4 Å². The third-order valence-corrected chi connectivity index (χ3v) is 6.51. The summed E-state index contributed by atoms with van der Waals surface area (Å²) in [5.74, 6) is 1.95. The fourth-order valence-electron chi connectivity index (χ4n) is 4.47. The maximum absolute atomic E-state index is 10.2. The number of hydrogen-bond donors (Lipinski definition) is 1. The second-order valence-electron chi connectivity index (χ2n) is 9.02. The number of benzene rings is 2. The molecule has 0 radical (unpaired) electrons. The molecule has 6 heteroatoms. The minimum Gasteiger partial charge on any atom is -0.506 e. The first-order chi connectivity index (χ1) is 16.9. The van der Waals surface area contributed by atoms with E-state index in [1.165, 1.54) is 11.1 Å². The van der Waals surface area contributed by atoms with Crippen LogP contribution in [0.4, 0.5) is 0 Å². The lowest BCUT2D eigenvalue weighted by atomic mass is 10.1. The molecule has 0 aliphatic heterocycles. The molecule has 0 bridgehead atoms. The summed E-state index contributed by atoms with van der Waals surface area (Å²) in [5, 5.41) is 12.1. The molecule has 4 aromatic heterocycles. The number of aryl methyl sites for hydroxylation is 4. The van der Waals surface area contributed by atoms with Gasteiger partial charge in [-0.05, 0) is 69.2 Å². The molecular weight excluding hydrogens is 436 g/mol. The molecule has 0 fully saturated rings. The summed E-state index contributed by atoms with van der Waals surface area (Å²) < 4.78 is 8.35. The van der Waals surface area contributed by atoms with Crippen LogP contribution in [0.25, 0.3) is 38.7 Å². The lowest BCUT2D eigenvalue weighted by molar-refractivity contribution is 0.455. The van der Waals surface area contributed by atoms with Crippen molar-refractivity contribution in [3.63, 3.8) is 0 Å². The molecule has 0 saturated heterocycles. The van der Waals surface area contributed by atoms with E-state index in [2.05, 4.69) is 54.6 Å². The number of aromatic hydroxyl groups is 1. The number of ether oxygens (including phenoxy) is 1. The molecule has 6 nitrogen and oxygen atoms in total. The number of hydrogen-bond acceptors (Lipinski definition) is 5. The summed E-state index contributed by atoms with van der Waals surface area (Å²) in [6.45, 7) is 8.17. The number of aromatic nitrogens is 4. The van der Waals surface area contributed by atoms with Crippen LogP contribution in [-0.4, -0.2) is 24.6 Å². The number of para-hydroxylation sites is 1. The number of nitrogens with zero attached hydrogens (tertiary/aromatic N) is 4. The lowest BCUT2D eigenvalue weighted by Crippen LogP contribution is -2.00. The Balaban J connectivity index is 1.57. The van der Waals surface area contributed by atoms with Gasteiger partial charge in [-0.3, -0.25) is 4.57 Å². The third kappa shape index (κ3) is 3.46. The number of pyridine rings is 3. The Morgan fingerprint density at radius 3 is 2.49 bits per heavy atom. The van der Waals surface area contributed by atoms with Gasteiger partial charge in [0.25, 0.3) is 0 Å². The first-order valence-electron chi connectivity index (χ1n) is 11.5. The molecule has 0 aliphatic rings. The number of fused-ring (bicyclic) bond motifs is 4. The average molecular weight is 461 g/mol. The van der Waals surface area contributed by atoms with Crippen molar-refractivity contribution >= 4 is 32.8 Å². The van der Waals surface area contributed by atoms with E-state index >= 15 is 0 Å². The molecule has 4 heterocycles. The molecule has 0 saturated carbocycles. The highest BCUT2D eigenvalue weighted by Gasteiger charge is 2.18. The van der Waals surface area contributed by atoms with Crippen LogP contribution in [0, 0.1) is 27.7 Å². The molecule has 0 atom stereocenters. The largest absolute Gasteiger partial charge is 0.506 e. The van der Waals surface area contributed by atoms with Crippen LogP contribution in [0.1, 0.15) is 22.4 Å². The Hall–Kier alpha value is -4.45. The zero-order valence-corrected chi connectivity index (χ0v) is 20.0. The van der Waals surface area contributed by atoms with Crippen molar-refractivity contribution in [2.45, 2.75) is 27.7 Å².